The summed E-state index contributed by atoms with van der Waals surface area (Å²) in [5, 5.41) is 3.58. The molecule has 0 fully saturated rings. The monoisotopic (exact) mass is 487 g/mol. The molecule has 2 heterocycles. The van der Waals surface area contributed by atoms with Crippen LogP contribution in [0.3, 0.4) is 0 Å². The zero-order valence-corrected chi connectivity index (χ0v) is 21.1. The molecule has 1 N–H and O–H groups in total. The molecule has 0 aliphatic carbocycles. The number of ketones is 1. The fourth-order valence-corrected chi connectivity index (χ4v) is 4.61. The molecule has 1 aromatic heterocycles. The number of benzene rings is 2. The smallest absolute Gasteiger partial charge is 0.336 e. The van der Waals surface area contributed by atoms with Crippen LogP contribution in [0.4, 0.5) is 0 Å². The van der Waals surface area contributed by atoms with Gasteiger partial charge in [0.2, 0.25) is 0 Å². The molecule has 7 heteroatoms. The molecule has 3 aromatic rings. The summed E-state index contributed by atoms with van der Waals surface area (Å²) >= 11 is 0. The Morgan fingerprint density at radius 1 is 1.00 bits per heavy atom. The van der Waals surface area contributed by atoms with Crippen molar-refractivity contribution in [3.05, 3.63) is 98.2 Å². The van der Waals surface area contributed by atoms with E-state index in [9.17, 15) is 14.4 Å². The first kappa shape index (κ1) is 25.0. The topological polar surface area (TPSA) is 94.8 Å². The van der Waals surface area contributed by atoms with Crippen molar-refractivity contribution in [3.63, 3.8) is 0 Å². The van der Waals surface area contributed by atoms with Crippen LogP contribution in [0.25, 0.3) is 11.0 Å². The van der Waals surface area contributed by atoms with E-state index in [4.69, 9.17) is 13.9 Å². The predicted molar refractivity (Wildman–Crippen MR) is 137 cm³/mol. The van der Waals surface area contributed by atoms with Crippen LogP contribution in [0.5, 0.6) is 5.75 Å². The van der Waals surface area contributed by atoms with E-state index in [1.165, 1.54) is 13.2 Å². The average molecular weight is 488 g/mol. The highest BCUT2D eigenvalue weighted by Crippen LogP contribution is 2.42. The largest absolute Gasteiger partial charge is 0.497 e. The number of methoxy groups -OCH3 is 1. The van der Waals surface area contributed by atoms with E-state index >= 15 is 0 Å². The summed E-state index contributed by atoms with van der Waals surface area (Å²) in [6.07, 6.45) is 0.656. The van der Waals surface area contributed by atoms with Gasteiger partial charge >= 0.3 is 5.97 Å². The quantitative estimate of drug-likeness (QED) is 0.362. The molecule has 4 rings (SSSR count). The van der Waals surface area contributed by atoms with Crippen LogP contribution in [-0.2, 0) is 9.53 Å². The first-order chi connectivity index (χ1) is 17.3. The number of para-hydroxylation sites is 1. The third-order valence-electron chi connectivity index (χ3n) is 6.21. The lowest BCUT2D eigenvalue weighted by Gasteiger charge is -2.31. The number of Topliss-reactive ketones (excluding diaryl/α,β-unsaturated/α-hetero) is 1. The normalized spacial score (nSPS) is 15.6. The Balaban J connectivity index is 1.99. The standard InChI is InChI=1S/C29H29NO6/c1-6-13-35-29(33)25-18(4)30-17(3)24(27(32)19-9-7-10-20(15-19)34-5)26(25)22-12-8-11-21-23(31)14-16(2)36-28(21)22/h7-12,14-15,26,30H,6,13H2,1-5H3. The molecule has 0 spiro atoms. The molecular formula is C29H29NO6. The number of allylic oxidation sites excluding steroid dienone is 3. The molecule has 0 amide bonds. The fourth-order valence-electron chi connectivity index (χ4n) is 4.61. The number of nitrogens with one attached hydrogen (secondary N) is 1. The summed E-state index contributed by atoms with van der Waals surface area (Å²) in [6.45, 7) is 7.42. The highest BCUT2D eigenvalue weighted by molar-refractivity contribution is 6.13. The van der Waals surface area contributed by atoms with E-state index in [1.807, 2.05) is 6.92 Å². The molecule has 0 saturated carbocycles. The van der Waals surface area contributed by atoms with Gasteiger partial charge < -0.3 is 19.2 Å². The number of esters is 1. The summed E-state index contributed by atoms with van der Waals surface area (Å²) < 4.78 is 16.9. The predicted octanol–water partition coefficient (Wildman–Crippen LogP) is 5.18. The minimum atomic E-state index is -0.817. The van der Waals surface area contributed by atoms with Crippen molar-refractivity contribution >= 4 is 22.7 Å². The van der Waals surface area contributed by atoms with E-state index in [0.717, 1.165) is 0 Å². The zero-order valence-electron chi connectivity index (χ0n) is 21.1. The maximum atomic E-state index is 14.0. The van der Waals surface area contributed by atoms with Gasteiger partial charge in [-0.05, 0) is 45.4 Å². The number of ether oxygens (including phenoxy) is 2. The Morgan fingerprint density at radius 2 is 1.72 bits per heavy atom. The van der Waals surface area contributed by atoms with Gasteiger partial charge in [0.25, 0.3) is 0 Å². The van der Waals surface area contributed by atoms with Crippen LogP contribution in [0.2, 0.25) is 0 Å². The molecule has 2 aromatic carbocycles. The summed E-state index contributed by atoms with van der Waals surface area (Å²) in [6, 6.07) is 13.5. The molecule has 0 saturated heterocycles. The van der Waals surface area contributed by atoms with Gasteiger partial charge in [0.15, 0.2) is 11.2 Å². The molecule has 1 aliphatic heterocycles. The van der Waals surface area contributed by atoms with Gasteiger partial charge in [-0.3, -0.25) is 9.59 Å². The van der Waals surface area contributed by atoms with Crippen molar-refractivity contribution in [2.75, 3.05) is 13.7 Å². The second-order valence-electron chi connectivity index (χ2n) is 8.78. The Bertz CT molecular complexity index is 1480. The van der Waals surface area contributed by atoms with Crippen LogP contribution in [-0.4, -0.2) is 25.5 Å². The lowest BCUT2D eigenvalue weighted by Crippen LogP contribution is -2.32. The molecule has 186 valence electrons. The van der Waals surface area contributed by atoms with Crippen molar-refractivity contribution in [1.82, 2.24) is 5.32 Å². The van der Waals surface area contributed by atoms with Crippen molar-refractivity contribution in [3.8, 4) is 5.75 Å². The summed E-state index contributed by atoms with van der Waals surface area (Å²) in [5.74, 6) is -0.638. The van der Waals surface area contributed by atoms with Gasteiger partial charge in [0.05, 0.1) is 30.6 Å². The minimum absolute atomic E-state index is 0.193. The first-order valence-electron chi connectivity index (χ1n) is 11.8. The number of hydrogen-bond donors (Lipinski definition) is 1. The highest BCUT2D eigenvalue weighted by Gasteiger charge is 2.39. The number of rotatable bonds is 7. The van der Waals surface area contributed by atoms with Crippen LogP contribution in [0.15, 0.2) is 80.3 Å². The minimum Gasteiger partial charge on any atom is -0.497 e. The highest BCUT2D eigenvalue weighted by atomic mass is 16.5. The molecule has 7 nitrogen and oxygen atoms in total. The number of hydrogen-bond acceptors (Lipinski definition) is 7. The van der Waals surface area contributed by atoms with Gasteiger partial charge in [-0.1, -0.05) is 31.2 Å². The van der Waals surface area contributed by atoms with Crippen LogP contribution >= 0.6 is 0 Å². The summed E-state index contributed by atoms with van der Waals surface area (Å²) in [5.41, 5.74) is 2.95. The van der Waals surface area contributed by atoms with Crippen LogP contribution < -0.4 is 15.5 Å². The number of aryl methyl sites for hydroxylation is 1. The lowest BCUT2D eigenvalue weighted by atomic mass is 9.77. The van der Waals surface area contributed by atoms with E-state index in [-0.39, 0.29) is 17.8 Å². The molecule has 36 heavy (non-hydrogen) atoms. The lowest BCUT2D eigenvalue weighted by molar-refractivity contribution is -0.139. The maximum Gasteiger partial charge on any atom is 0.336 e. The summed E-state index contributed by atoms with van der Waals surface area (Å²) in [7, 11) is 1.54. The summed E-state index contributed by atoms with van der Waals surface area (Å²) in [4.78, 5) is 40.1. The first-order valence-corrected chi connectivity index (χ1v) is 11.8. The van der Waals surface area contributed by atoms with Gasteiger partial charge in [-0.15, -0.1) is 0 Å². The second kappa shape index (κ2) is 10.2. The Morgan fingerprint density at radius 3 is 2.44 bits per heavy atom. The van der Waals surface area contributed by atoms with E-state index in [1.54, 1.807) is 63.2 Å². The Hall–Kier alpha value is -4.13. The van der Waals surface area contributed by atoms with Gasteiger partial charge in [0, 0.05) is 34.2 Å². The molecule has 1 aliphatic rings. The Kier molecular flexibility index (Phi) is 7.10. The van der Waals surface area contributed by atoms with Gasteiger partial charge in [-0.25, -0.2) is 4.79 Å². The molecular weight excluding hydrogens is 458 g/mol. The molecule has 1 atom stereocenters. The van der Waals surface area contributed by atoms with Gasteiger partial charge in [-0.2, -0.15) is 0 Å². The number of carbonyl (C=O) groups is 2. The van der Waals surface area contributed by atoms with Crippen LogP contribution in [0.1, 0.15) is 54.8 Å². The third kappa shape index (κ3) is 4.56. The average Bonchev–Trinajstić information content (AvgIpc) is 2.86. The Labute approximate surface area is 209 Å². The molecule has 0 radical (unpaired) electrons. The maximum absolute atomic E-state index is 14.0. The molecule has 0 bridgehead atoms. The van der Waals surface area contributed by atoms with Gasteiger partial charge in [0.1, 0.15) is 17.1 Å². The third-order valence-corrected chi connectivity index (χ3v) is 6.21. The fraction of sp³-hybridized carbons (Fsp3) is 0.276. The SMILES string of the molecule is CCCOC(=O)C1=C(C)NC(C)=C(C(=O)c2cccc(OC)c2)C1c1cccc2c(=O)cc(C)oc12. The molecule has 1 unspecified atom stereocenters. The van der Waals surface area contributed by atoms with Crippen LogP contribution in [0, 0.1) is 6.92 Å². The van der Waals surface area contributed by atoms with Crippen molar-refractivity contribution in [2.24, 2.45) is 0 Å². The van der Waals surface area contributed by atoms with E-state index in [0.29, 0.717) is 62.6 Å². The number of dihydropyridines is 1. The number of fused-ring (bicyclic) bond motifs is 1. The van der Waals surface area contributed by atoms with Crippen molar-refractivity contribution < 1.29 is 23.5 Å². The van der Waals surface area contributed by atoms with Crippen molar-refractivity contribution in [2.45, 2.75) is 40.0 Å². The van der Waals surface area contributed by atoms with E-state index in [2.05, 4.69) is 5.32 Å². The second-order valence-corrected chi connectivity index (χ2v) is 8.78. The number of carbonyl (C=O) groups excluding carboxylic acids is 2. The van der Waals surface area contributed by atoms with E-state index < -0.39 is 11.9 Å². The zero-order chi connectivity index (χ0) is 26.0. The van der Waals surface area contributed by atoms with Crippen molar-refractivity contribution in [1.29, 1.82) is 0 Å².